The SMILES string of the molecule is CC(C)CC1(C(=O)N2CCC(CCl)CC2)CCCC1. The van der Waals surface area contributed by atoms with Gasteiger partial charge in [0.05, 0.1) is 0 Å². The van der Waals surface area contributed by atoms with Gasteiger partial charge < -0.3 is 4.90 Å². The molecule has 0 spiro atoms. The van der Waals surface area contributed by atoms with Crippen LogP contribution in [0.1, 0.15) is 58.8 Å². The smallest absolute Gasteiger partial charge is 0.228 e. The van der Waals surface area contributed by atoms with Crippen molar-refractivity contribution in [3.63, 3.8) is 0 Å². The second-order valence-electron chi connectivity index (χ2n) is 6.98. The van der Waals surface area contributed by atoms with Crippen LogP contribution in [0, 0.1) is 17.3 Å². The zero-order valence-electron chi connectivity index (χ0n) is 12.5. The van der Waals surface area contributed by atoms with Crippen LogP contribution in [0.4, 0.5) is 0 Å². The van der Waals surface area contributed by atoms with Crippen LogP contribution in [0.5, 0.6) is 0 Å². The number of alkyl halides is 1. The quantitative estimate of drug-likeness (QED) is 0.713. The fourth-order valence-corrected chi connectivity index (χ4v) is 4.27. The summed E-state index contributed by atoms with van der Waals surface area (Å²) in [6, 6.07) is 0. The Morgan fingerprint density at radius 3 is 2.32 bits per heavy atom. The topological polar surface area (TPSA) is 20.3 Å². The van der Waals surface area contributed by atoms with Crippen LogP contribution >= 0.6 is 11.6 Å². The third-order valence-corrected chi connectivity index (χ3v) is 5.37. The number of hydrogen-bond acceptors (Lipinski definition) is 1. The highest BCUT2D eigenvalue weighted by Gasteiger charge is 2.44. The third-order valence-electron chi connectivity index (χ3n) is 4.93. The van der Waals surface area contributed by atoms with Crippen molar-refractivity contribution in [1.29, 1.82) is 0 Å². The number of piperidine rings is 1. The number of rotatable bonds is 4. The lowest BCUT2D eigenvalue weighted by atomic mass is 9.77. The van der Waals surface area contributed by atoms with Gasteiger partial charge in [0.25, 0.3) is 0 Å². The molecule has 0 unspecified atom stereocenters. The first-order valence-corrected chi connectivity index (χ1v) is 8.46. The molecule has 0 radical (unpaired) electrons. The molecule has 1 heterocycles. The number of halogens is 1. The lowest BCUT2D eigenvalue weighted by Crippen LogP contribution is -2.47. The van der Waals surface area contributed by atoms with Crippen molar-refractivity contribution in [2.24, 2.45) is 17.3 Å². The Hall–Kier alpha value is -0.240. The van der Waals surface area contributed by atoms with E-state index in [1.165, 1.54) is 12.8 Å². The zero-order valence-corrected chi connectivity index (χ0v) is 13.2. The van der Waals surface area contributed by atoms with Crippen molar-refractivity contribution in [1.82, 2.24) is 4.90 Å². The van der Waals surface area contributed by atoms with E-state index in [-0.39, 0.29) is 5.41 Å². The second kappa shape index (κ2) is 6.47. The maximum atomic E-state index is 12.9. The molecule has 0 aromatic rings. The molecule has 0 aromatic carbocycles. The van der Waals surface area contributed by atoms with E-state index in [1.54, 1.807) is 0 Å². The minimum absolute atomic E-state index is 0.0258. The standard InChI is InChI=1S/C16H28ClNO/c1-13(2)11-16(7-3-4-8-16)15(19)18-9-5-14(12-17)6-10-18/h13-14H,3-12H2,1-2H3. The molecule has 2 nitrogen and oxygen atoms in total. The molecule has 3 heteroatoms. The number of carbonyl (C=O) groups excluding carboxylic acids is 1. The molecule has 0 N–H and O–H groups in total. The molecule has 1 saturated carbocycles. The van der Waals surface area contributed by atoms with Gasteiger partial charge in [0.1, 0.15) is 0 Å². The molecule has 1 aliphatic carbocycles. The Morgan fingerprint density at radius 1 is 1.26 bits per heavy atom. The summed E-state index contributed by atoms with van der Waals surface area (Å²) in [7, 11) is 0. The Kier molecular flexibility index (Phi) is 5.16. The van der Waals surface area contributed by atoms with E-state index < -0.39 is 0 Å². The molecule has 0 bridgehead atoms. The second-order valence-corrected chi connectivity index (χ2v) is 7.28. The summed E-state index contributed by atoms with van der Waals surface area (Å²) in [5, 5.41) is 0. The number of nitrogens with zero attached hydrogens (tertiary/aromatic N) is 1. The van der Waals surface area contributed by atoms with E-state index in [1.807, 2.05) is 0 Å². The Balaban J connectivity index is 2.00. The predicted molar refractivity (Wildman–Crippen MR) is 80.4 cm³/mol. The van der Waals surface area contributed by atoms with Gasteiger partial charge in [-0.1, -0.05) is 26.7 Å². The van der Waals surface area contributed by atoms with Crippen molar-refractivity contribution >= 4 is 17.5 Å². The maximum absolute atomic E-state index is 12.9. The van der Waals surface area contributed by atoms with Crippen LogP contribution in [0.3, 0.4) is 0 Å². The van der Waals surface area contributed by atoms with Crippen molar-refractivity contribution in [3.05, 3.63) is 0 Å². The molecule has 2 aliphatic rings. The highest BCUT2D eigenvalue weighted by atomic mass is 35.5. The first kappa shape index (κ1) is 15.2. The minimum atomic E-state index is -0.0258. The minimum Gasteiger partial charge on any atom is -0.342 e. The molecule has 1 amide bonds. The van der Waals surface area contributed by atoms with Gasteiger partial charge in [-0.05, 0) is 43.9 Å². The summed E-state index contributed by atoms with van der Waals surface area (Å²) in [5.41, 5.74) is -0.0258. The highest BCUT2D eigenvalue weighted by molar-refractivity contribution is 6.18. The zero-order chi connectivity index (χ0) is 13.9. The summed E-state index contributed by atoms with van der Waals surface area (Å²) in [4.78, 5) is 15.1. The molecule has 2 fully saturated rings. The van der Waals surface area contributed by atoms with Gasteiger partial charge in [0.15, 0.2) is 0 Å². The van der Waals surface area contributed by atoms with E-state index in [4.69, 9.17) is 11.6 Å². The average molecular weight is 286 g/mol. The van der Waals surface area contributed by atoms with Crippen LogP contribution in [-0.2, 0) is 4.79 Å². The van der Waals surface area contributed by atoms with Crippen LogP contribution in [0.15, 0.2) is 0 Å². The van der Waals surface area contributed by atoms with Crippen molar-refractivity contribution < 1.29 is 4.79 Å². The Morgan fingerprint density at radius 2 is 1.84 bits per heavy atom. The molecule has 110 valence electrons. The van der Waals surface area contributed by atoms with Gasteiger partial charge in [-0.15, -0.1) is 11.6 Å². The van der Waals surface area contributed by atoms with E-state index in [0.717, 1.165) is 51.1 Å². The van der Waals surface area contributed by atoms with Gasteiger partial charge in [0.2, 0.25) is 5.91 Å². The number of likely N-dealkylation sites (tertiary alicyclic amines) is 1. The largest absolute Gasteiger partial charge is 0.342 e. The summed E-state index contributed by atoms with van der Waals surface area (Å²) in [6.07, 6.45) is 7.94. The van der Waals surface area contributed by atoms with E-state index >= 15 is 0 Å². The van der Waals surface area contributed by atoms with E-state index in [2.05, 4.69) is 18.7 Å². The van der Waals surface area contributed by atoms with Crippen molar-refractivity contribution in [3.8, 4) is 0 Å². The molecule has 0 atom stereocenters. The molecular weight excluding hydrogens is 258 g/mol. The lowest BCUT2D eigenvalue weighted by Gasteiger charge is -2.39. The molecule has 2 rings (SSSR count). The molecule has 1 saturated heterocycles. The first-order valence-electron chi connectivity index (χ1n) is 7.93. The van der Waals surface area contributed by atoms with Gasteiger partial charge >= 0.3 is 0 Å². The fraction of sp³-hybridized carbons (Fsp3) is 0.938. The van der Waals surface area contributed by atoms with Crippen LogP contribution in [0.2, 0.25) is 0 Å². The third kappa shape index (κ3) is 3.45. The summed E-state index contributed by atoms with van der Waals surface area (Å²) < 4.78 is 0. The Bertz CT molecular complexity index is 302. The van der Waals surface area contributed by atoms with E-state index in [0.29, 0.717) is 17.7 Å². The van der Waals surface area contributed by atoms with Gasteiger partial charge in [0, 0.05) is 24.4 Å². The lowest BCUT2D eigenvalue weighted by molar-refractivity contribution is -0.144. The van der Waals surface area contributed by atoms with Crippen LogP contribution < -0.4 is 0 Å². The predicted octanol–water partition coefficient (Wildman–Crippen LogP) is 4.07. The Labute approximate surface area is 122 Å². The molecule has 0 aromatic heterocycles. The number of amides is 1. The number of carbonyl (C=O) groups is 1. The maximum Gasteiger partial charge on any atom is 0.228 e. The van der Waals surface area contributed by atoms with Gasteiger partial charge in [-0.25, -0.2) is 0 Å². The molecule has 1 aliphatic heterocycles. The monoisotopic (exact) mass is 285 g/mol. The normalized spacial score (nSPS) is 24.1. The van der Waals surface area contributed by atoms with Crippen molar-refractivity contribution in [2.75, 3.05) is 19.0 Å². The first-order chi connectivity index (χ1) is 9.07. The van der Waals surface area contributed by atoms with Gasteiger partial charge in [-0.2, -0.15) is 0 Å². The highest BCUT2D eigenvalue weighted by Crippen LogP contribution is 2.45. The van der Waals surface area contributed by atoms with Crippen molar-refractivity contribution in [2.45, 2.75) is 58.8 Å². The molecule has 19 heavy (non-hydrogen) atoms. The fourth-order valence-electron chi connectivity index (χ4n) is 3.96. The molecular formula is C16H28ClNO. The number of hydrogen-bond donors (Lipinski definition) is 0. The van der Waals surface area contributed by atoms with E-state index in [9.17, 15) is 4.79 Å². The average Bonchev–Trinajstić information content (AvgIpc) is 2.87. The summed E-state index contributed by atoms with van der Waals surface area (Å²) >= 11 is 5.93. The summed E-state index contributed by atoms with van der Waals surface area (Å²) in [6.45, 7) is 6.34. The summed E-state index contributed by atoms with van der Waals surface area (Å²) in [5.74, 6) is 2.43. The van der Waals surface area contributed by atoms with Crippen LogP contribution in [0.25, 0.3) is 0 Å². The van der Waals surface area contributed by atoms with Gasteiger partial charge in [-0.3, -0.25) is 4.79 Å². The van der Waals surface area contributed by atoms with Crippen LogP contribution in [-0.4, -0.2) is 29.8 Å².